The summed E-state index contributed by atoms with van der Waals surface area (Å²) >= 11 is 11.6. The molecule has 0 N–H and O–H groups in total. The minimum atomic E-state index is 0.576. The maximum absolute atomic E-state index is 5.78. The lowest BCUT2D eigenvalue weighted by molar-refractivity contribution is 1.39. The second-order valence-electron chi connectivity index (χ2n) is 2.30. The van der Waals surface area contributed by atoms with E-state index in [1.807, 2.05) is 12.1 Å². The molecule has 1 radical (unpaired) electrons. The van der Waals surface area contributed by atoms with Crippen molar-refractivity contribution in [3.8, 4) is 0 Å². The van der Waals surface area contributed by atoms with Gasteiger partial charge in [-0.15, -0.1) is 0 Å². The van der Waals surface area contributed by atoms with Crippen molar-refractivity contribution < 1.29 is 0 Å². The minimum absolute atomic E-state index is 0.576. The van der Waals surface area contributed by atoms with Crippen LogP contribution in [0.1, 0.15) is 0 Å². The van der Waals surface area contributed by atoms with Crippen LogP contribution in [0.4, 0.5) is 0 Å². The van der Waals surface area contributed by atoms with Crippen molar-refractivity contribution >= 4 is 35.6 Å². The van der Waals surface area contributed by atoms with E-state index in [0.717, 1.165) is 10.4 Å². The standard InChI is InChI=1S/C8H4Cl2N/c9-7-1-5-3-11-4-6(5)2-8(7)10/h1-4H. The van der Waals surface area contributed by atoms with E-state index >= 15 is 0 Å². The van der Waals surface area contributed by atoms with Gasteiger partial charge in [-0.25, -0.2) is 0 Å². The Labute approximate surface area is 73.9 Å². The molecule has 0 bridgehead atoms. The highest BCUT2D eigenvalue weighted by Gasteiger charge is 1.99. The van der Waals surface area contributed by atoms with Crippen molar-refractivity contribution in [3.05, 3.63) is 32.6 Å². The van der Waals surface area contributed by atoms with Gasteiger partial charge in [-0.2, -0.15) is 0 Å². The van der Waals surface area contributed by atoms with Gasteiger partial charge in [-0.3, -0.25) is 5.32 Å². The molecule has 0 fully saturated rings. The summed E-state index contributed by atoms with van der Waals surface area (Å²) in [6.07, 6.45) is 3.52. The van der Waals surface area contributed by atoms with Crippen molar-refractivity contribution in [1.82, 2.24) is 5.32 Å². The van der Waals surface area contributed by atoms with Gasteiger partial charge in [0.05, 0.1) is 10.0 Å². The molecule has 0 spiro atoms. The molecule has 0 amide bonds. The van der Waals surface area contributed by atoms with Crippen LogP contribution in [0.3, 0.4) is 0 Å². The molecule has 1 aromatic carbocycles. The van der Waals surface area contributed by atoms with E-state index in [9.17, 15) is 0 Å². The fraction of sp³-hybridized carbons (Fsp3) is 0. The molecule has 1 nitrogen and oxygen atoms in total. The van der Waals surface area contributed by atoms with Crippen LogP contribution in [0.5, 0.6) is 0 Å². The summed E-state index contributed by atoms with van der Waals surface area (Å²) in [7, 11) is 0. The highest BCUT2D eigenvalue weighted by atomic mass is 35.5. The first-order valence-corrected chi connectivity index (χ1v) is 3.88. The highest BCUT2D eigenvalue weighted by molar-refractivity contribution is 6.41. The Balaban J connectivity index is 2.88. The highest BCUT2D eigenvalue weighted by Crippen LogP contribution is 2.16. The zero-order chi connectivity index (χ0) is 7.84. The van der Waals surface area contributed by atoms with Crippen LogP contribution in [0.15, 0.2) is 12.1 Å². The van der Waals surface area contributed by atoms with Gasteiger partial charge in [0.25, 0.3) is 0 Å². The average molecular weight is 185 g/mol. The SMILES string of the molecule is Clc1cc2c(cc1Cl)=C[N]C=2. The first-order chi connectivity index (χ1) is 5.27. The number of nitrogens with zero attached hydrogens (tertiary/aromatic N) is 1. The predicted octanol–water partition coefficient (Wildman–Crippen LogP) is 1.09. The number of halogens is 2. The molecule has 0 saturated heterocycles. The molecular formula is C8H4Cl2N. The number of rotatable bonds is 0. The van der Waals surface area contributed by atoms with Crippen LogP contribution in [-0.2, 0) is 0 Å². The van der Waals surface area contributed by atoms with Gasteiger partial charge in [0, 0.05) is 22.8 Å². The van der Waals surface area contributed by atoms with E-state index in [1.54, 1.807) is 12.4 Å². The minimum Gasteiger partial charge on any atom is -0.263 e. The third kappa shape index (κ3) is 1.10. The largest absolute Gasteiger partial charge is 0.263 e. The molecule has 11 heavy (non-hydrogen) atoms. The molecule has 1 heterocycles. The van der Waals surface area contributed by atoms with Gasteiger partial charge in [-0.05, 0) is 12.1 Å². The van der Waals surface area contributed by atoms with Gasteiger partial charge in [0.15, 0.2) is 0 Å². The van der Waals surface area contributed by atoms with E-state index in [1.165, 1.54) is 0 Å². The van der Waals surface area contributed by atoms with Crippen molar-refractivity contribution in [2.24, 2.45) is 0 Å². The van der Waals surface area contributed by atoms with E-state index in [0.29, 0.717) is 10.0 Å². The van der Waals surface area contributed by atoms with E-state index < -0.39 is 0 Å². The van der Waals surface area contributed by atoms with Crippen LogP contribution in [0.2, 0.25) is 10.0 Å². The summed E-state index contributed by atoms with van der Waals surface area (Å²) in [5.74, 6) is 0. The zero-order valence-corrected chi connectivity index (χ0v) is 7.02. The monoisotopic (exact) mass is 184 g/mol. The average Bonchev–Trinajstić information content (AvgIpc) is 2.36. The summed E-state index contributed by atoms with van der Waals surface area (Å²) in [4.78, 5) is 0. The molecule has 55 valence electrons. The smallest absolute Gasteiger partial charge is 0.0599 e. The zero-order valence-electron chi connectivity index (χ0n) is 5.51. The fourth-order valence-electron chi connectivity index (χ4n) is 0.999. The molecule has 0 aromatic heterocycles. The first-order valence-electron chi connectivity index (χ1n) is 3.13. The summed E-state index contributed by atoms with van der Waals surface area (Å²) in [6.45, 7) is 0. The summed E-state index contributed by atoms with van der Waals surface area (Å²) in [5, 5.41) is 7.17. The first kappa shape index (κ1) is 7.01. The van der Waals surface area contributed by atoms with Gasteiger partial charge in [-0.1, -0.05) is 23.2 Å². The predicted molar refractivity (Wildman–Crippen MR) is 46.8 cm³/mol. The summed E-state index contributed by atoms with van der Waals surface area (Å²) < 4.78 is 0. The Morgan fingerprint density at radius 1 is 0.909 bits per heavy atom. The van der Waals surface area contributed by atoms with Gasteiger partial charge in [0.1, 0.15) is 0 Å². The van der Waals surface area contributed by atoms with Crippen molar-refractivity contribution in [2.75, 3.05) is 0 Å². The van der Waals surface area contributed by atoms with Crippen molar-refractivity contribution in [2.45, 2.75) is 0 Å². The fourth-order valence-corrected chi connectivity index (χ4v) is 1.34. The second kappa shape index (κ2) is 2.43. The lowest BCUT2D eigenvalue weighted by Gasteiger charge is -1.91. The lowest BCUT2D eigenvalue weighted by Crippen LogP contribution is -2.20. The normalized spacial score (nSPS) is 12.9. The van der Waals surface area contributed by atoms with Crippen LogP contribution in [-0.4, -0.2) is 0 Å². The van der Waals surface area contributed by atoms with Crippen molar-refractivity contribution in [1.29, 1.82) is 0 Å². The molecule has 1 aliphatic rings. The van der Waals surface area contributed by atoms with Crippen LogP contribution < -0.4 is 15.8 Å². The van der Waals surface area contributed by atoms with Gasteiger partial charge >= 0.3 is 0 Å². The molecular weight excluding hydrogens is 181 g/mol. The molecule has 3 heteroatoms. The topological polar surface area (TPSA) is 14.1 Å². The molecule has 0 aliphatic carbocycles. The second-order valence-corrected chi connectivity index (χ2v) is 3.12. The van der Waals surface area contributed by atoms with E-state index in [4.69, 9.17) is 23.2 Å². The van der Waals surface area contributed by atoms with Crippen LogP contribution in [0.25, 0.3) is 12.4 Å². The summed E-state index contributed by atoms with van der Waals surface area (Å²) in [6, 6.07) is 3.62. The van der Waals surface area contributed by atoms with Crippen molar-refractivity contribution in [3.63, 3.8) is 0 Å². The Hall–Kier alpha value is -0.660. The third-order valence-electron chi connectivity index (χ3n) is 1.55. The van der Waals surface area contributed by atoms with Gasteiger partial charge in [0.2, 0.25) is 0 Å². The molecule has 0 saturated carbocycles. The van der Waals surface area contributed by atoms with E-state index in [2.05, 4.69) is 5.32 Å². The van der Waals surface area contributed by atoms with E-state index in [-0.39, 0.29) is 0 Å². The Bertz CT molecular complexity index is 370. The lowest BCUT2D eigenvalue weighted by atomic mass is 10.3. The maximum atomic E-state index is 5.78. The quantitative estimate of drug-likeness (QED) is 0.574. The molecule has 0 atom stereocenters. The van der Waals surface area contributed by atoms with Gasteiger partial charge < -0.3 is 0 Å². The molecule has 1 aliphatic heterocycles. The Kier molecular flexibility index (Phi) is 1.55. The Morgan fingerprint density at radius 3 is 1.82 bits per heavy atom. The number of fused-ring (bicyclic) bond motifs is 1. The Morgan fingerprint density at radius 2 is 1.36 bits per heavy atom. The van der Waals surface area contributed by atoms with Crippen LogP contribution in [0, 0.1) is 0 Å². The van der Waals surface area contributed by atoms with Crippen LogP contribution >= 0.6 is 23.2 Å². The number of hydrogen-bond acceptors (Lipinski definition) is 0. The molecule has 0 unspecified atom stereocenters. The number of hydrogen-bond donors (Lipinski definition) is 0. The summed E-state index contributed by atoms with van der Waals surface area (Å²) in [5.41, 5.74) is 0. The molecule has 1 aromatic rings. The maximum Gasteiger partial charge on any atom is 0.0599 e. The number of benzene rings is 1. The molecule has 2 rings (SSSR count). The third-order valence-corrected chi connectivity index (χ3v) is 2.28.